The van der Waals surface area contributed by atoms with Crippen LogP contribution >= 0.6 is 11.6 Å². The summed E-state index contributed by atoms with van der Waals surface area (Å²) in [5.74, 6) is 0.850. The van der Waals surface area contributed by atoms with Gasteiger partial charge in [0.15, 0.2) is 0 Å². The van der Waals surface area contributed by atoms with Crippen LogP contribution in [0.2, 0.25) is 5.02 Å². The number of likely N-dealkylation sites (tertiary alicyclic amines) is 1. The summed E-state index contributed by atoms with van der Waals surface area (Å²) in [5.41, 5.74) is 0.741. The molecular weight excluding hydrogens is 410 g/mol. The number of hydrogen-bond acceptors (Lipinski definition) is 5. The molecule has 2 N–H and O–H groups in total. The molecular formula is C21H32ClN3O5. The molecule has 1 atom stereocenters. The summed E-state index contributed by atoms with van der Waals surface area (Å²) in [7, 11) is 2.20. The van der Waals surface area contributed by atoms with Gasteiger partial charge in [-0.15, -0.1) is 0 Å². The van der Waals surface area contributed by atoms with Crippen molar-refractivity contribution in [2.24, 2.45) is 5.92 Å². The Bertz CT molecular complexity index is 645. The summed E-state index contributed by atoms with van der Waals surface area (Å²) in [4.78, 5) is 36.3. The molecule has 0 bridgehead atoms. The van der Waals surface area contributed by atoms with Crippen molar-refractivity contribution >= 4 is 30.5 Å². The standard InChI is InChI=1S/C19H28ClN3O.2CH2O2/c1-15-13-21(2)11-12-23(15)14-16-7-9-22(10-8-16)19(24)17-3-5-18(20)6-4-17;2*2-1-3/h3-6,15-16H,7-14H2,1-2H3;2*1H,(H,2,3). The van der Waals surface area contributed by atoms with Crippen LogP contribution in [-0.2, 0) is 9.59 Å². The second-order valence-electron chi connectivity index (χ2n) is 7.56. The number of hydrogen-bond donors (Lipinski definition) is 2. The lowest BCUT2D eigenvalue weighted by molar-refractivity contribution is -0.123. The number of amides is 1. The van der Waals surface area contributed by atoms with Gasteiger partial charge in [-0.05, 0) is 57.0 Å². The molecule has 2 saturated heterocycles. The molecule has 9 heteroatoms. The fourth-order valence-electron chi connectivity index (χ4n) is 3.87. The van der Waals surface area contributed by atoms with Crippen LogP contribution in [0.4, 0.5) is 0 Å². The molecule has 30 heavy (non-hydrogen) atoms. The van der Waals surface area contributed by atoms with Crippen molar-refractivity contribution in [2.75, 3.05) is 46.3 Å². The van der Waals surface area contributed by atoms with Crippen LogP contribution in [-0.4, -0.2) is 96.1 Å². The normalized spacial score (nSPS) is 20.2. The Morgan fingerprint density at radius 1 is 1.07 bits per heavy atom. The van der Waals surface area contributed by atoms with Crippen molar-refractivity contribution in [3.8, 4) is 0 Å². The molecule has 2 fully saturated rings. The maximum absolute atomic E-state index is 12.6. The minimum atomic E-state index is -0.250. The van der Waals surface area contributed by atoms with Crippen molar-refractivity contribution in [1.82, 2.24) is 14.7 Å². The number of carbonyl (C=O) groups is 3. The van der Waals surface area contributed by atoms with Crippen LogP contribution in [0.15, 0.2) is 24.3 Å². The molecule has 0 spiro atoms. The Labute approximate surface area is 183 Å². The van der Waals surface area contributed by atoms with E-state index < -0.39 is 0 Å². The molecule has 0 aliphatic carbocycles. The lowest BCUT2D eigenvalue weighted by Crippen LogP contribution is -2.52. The molecule has 1 unspecified atom stereocenters. The Morgan fingerprint density at radius 2 is 1.60 bits per heavy atom. The highest BCUT2D eigenvalue weighted by Gasteiger charge is 2.28. The monoisotopic (exact) mass is 441 g/mol. The van der Waals surface area contributed by atoms with Gasteiger partial charge in [0, 0.05) is 55.9 Å². The van der Waals surface area contributed by atoms with E-state index in [9.17, 15) is 4.79 Å². The highest BCUT2D eigenvalue weighted by molar-refractivity contribution is 6.30. The van der Waals surface area contributed by atoms with Gasteiger partial charge in [-0.25, -0.2) is 0 Å². The van der Waals surface area contributed by atoms with E-state index >= 15 is 0 Å². The molecule has 1 amide bonds. The largest absolute Gasteiger partial charge is 0.483 e. The zero-order valence-electron chi connectivity index (χ0n) is 17.6. The van der Waals surface area contributed by atoms with Crippen LogP contribution in [0.25, 0.3) is 0 Å². The van der Waals surface area contributed by atoms with E-state index in [0.29, 0.717) is 17.0 Å². The number of piperidine rings is 1. The van der Waals surface area contributed by atoms with E-state index in [2.05, 4.69) is 23.8 Å². The number of nitrogens with zero attached hydrogens (tertiary/aromatic N) is 3. The highest BCUT2D eigenvalue weighted by atomic mass is 35.5. The number of rotatable bonds is 3. The quantitative estimate of drug-likeness (QED) is 0.693. The van der Waals surface area contributed by atoms with Crippen LogP contribution in [0, 0.1) is 5.92 Å². The number of piperazine rings is 1. The second kappa shape index (κ2) is 14.0. The summed E-state index contributed by atoms with van der Waals surface area (Å²) in [6.45, 7) is 8.24. The molecule has 0 radical (unpaired) electrons. The smallest absolute Gasteiger partial charge is 0.290 e. The first-order valence-electron chi connectivity index (χ1n) is 9.99. The molecule has 168 valence electrons. The number of carbonyl (C=O) groups excluding carboxylic acids is 1. The van der Waals surface area contributed by atoms with E-state index in [1.165, 1.54) is 13.1 Å². The van der Waals surface area contributed by atoms with Gasteiger partial charge in [0.1, 0.15) is 0 Å². The third kappa shape index (κ3) is 8.69. The van der Waals surface area contributed by atoms with E-state index in [4.69, 9.17) is 31.4 Å². The Morgan fingerprint density at radius 3 is 2.10 bits per heavy atom. The topological polar surface area (TPSA) is 101 Å². The van der Waals surface area contributed by atoms with Gasteiger partial charge in [-0.3, -0.25) is 19.3 Å². The second-order valence-corrected chi connectivity index (χ2v) is 8.00. The maximum Gasteiger partial charge on any atom is 0.290 e. The molecule has 0 saturated carbocycles. The zero-order chi connectivity index (χ0) is 22.5. The van der Waals surface area contributed by atoms with Gasteiger partial charge < -0.3 is 20.0 Å². The minimum Gasteiger partial charge on any atom is -0.483 e. The Kier molecular flexibility index (Phi) is 12.0. The first-order chi connectivity index (χ1) is 14.4. The Hall–Kier alpha value is -2.16. The predicted molar refractivity (Wildman–Crippen MR) is 116 cm³/mol. The summed E-state index contributed by atoms with van der Waals surface area (Å²) in [6.07, 6.45) is 2.22. The molecule has 2 aliphatic rings. The van der Waals surface area contributed by atoms with Gasteiger partial charge in [0.05, 0.1) is 0 Å². The fourth-order valence-corrected chi connectivity index (χ4v) is 4.00. The number of likely N-dealkylation sites (N-methyl/N-ethyl adjacent to an activating group) is 1. The van der Waals surface area contributed by atoms with Crippen molar-refractivity contribution in [1.29, 1.82) is 0 Å². The molecule has 2 aliphatic heterocycles. The first-order valence-corrected chi connectivity index (χ1v) is 10.4. The molecule has 3 rings (SSSR count). The van der Waals surface area contributed by atoms with Gasteiger partial charge in [0.2, 0.25) is 0 Å². The van der Waals surface area contributed by atoms with Crippen LogP contribution in [0.1, 0.15) is 30.1 Å². The van der Waals surface area contributed by atoms with E-state index in [1.807, 2.05) is 17.0 Å². The van der Waals surface area contributed by atoms with Crippen LogP contribution < -0.4 is 0 Å². The van der Waals surface area contributed by atoms with Crippen molar-refractivity contribution in [2.45, 2.75) is 25.8 Å². The fraction of sp³-hybridized carbons (Fsp3) is 0.571. The zero-order valence-corrected chi connectivity index (χ0v) is 18.4. The summed E-state index contributed by atoms with van der Waals surface area (Å²) >= 11 is 5.90. The Balaban J connectivity index is 0.000000672. The lowest BCUT2D eigenvalue weighted by atomic mass is 9.94. The first kappa shape index (κ1) is 25.9. The SMILES string of the molecule is CC1CN(C)CCN1CC1CCN(C(=O)c2ccc(Cl)cc2)CC1.O=CO.O=CO. The van der Waals surface area contributed by atoms with E-state index in [1.54, 1.807) is 12.1 Å². The minimum absolute atomic E-state index is 0.137. The summed E-state index contributed by atoms with van der Waals surface area (Å²) < 4.78 is 0. The third-order valence-corrected chi connectivity index (χ3v) is 5.71. The van der Waals surface area contributed by atoms with Gasteiger partial charge >= 0.3 is 0 Å². The number of carboxylic acid groups (broad SMARTS) is 2. The van der Waals surface area contributed by atoms with Crippen molar-refractivity contribution < 1.29 is 24.6 Å². The van der Waals surface area contributed by atoms with E-state index in [-0.39, 0.29) is 18.9 Å². The molecule has 1 aromatic rings. The van der Waals surface area contributed by atoms with Gasteiger partial charge in [-0.1, -0.05) is 11.6 Å². The maximum atomic E-state index is 12.6. The molecule has 8 nitrogen and oxygen atoms in total. The average Bonchev–Trinajstić information content (AvgIpc) is 2.72. The third-order valence-electron chi connectivity index (χ3n) is 5.45. The van der Waals surface area contributed by atoms with Crippen molar-refractivity contribution in [3.63, 3.8) is 0 Å². The average molecular weight is 442 g/mol. The molecule has 1 aromatic carbocycles. The number of halogens is 1. The van der Waals surface area contributed by atoms with Crippen molar-refractivity contribution in [3.05, 3.63) is 34.9 Å². The predicted octanol–water partition coefficient (Wildman–Crippen LogP) is 2.23. The summed E-state index contributed by atoms with van der Waals surface area (Å²) in [6, 6.07) is 7.86. The molecule has 0 aromatic heterocycles. The summed E-state index contributed by atoms with van der Waals surface area (Å²) in [5, 5.41) is 14.5. The van der Waals surface area contributed by atoms with E-state index in [0.717, 1.165) is 44.6 Å². The van der Waals surface area contributed by atoms with Gasteiger partial charge in [-0.2, -0.15) is 0 Å². The molecule has 2 heterocycles. The van der Waals surface area contributed by atoms with Crippen LogP contribution in [0.5, 0.6) is 0 Å². The van der Waals surface area contributed by atoms with Crippen LogP contribution in [0.3, 0.4) is 0 Å². The lowest BCUT2D eigenvalue weighted by Gasteiger charge is -2.41. The number of benzene rings is 1. The van der Waals surface area contributed by atoms with Gasteiger partial charge in [0.25, 0.3) is 18.9 Å². The highest BCUT2D eigenvalue weighted by Crippen LogP contribution is 2.22.